The van der Waals surface area contributed by atoms with Crippen molar-refractivity contribution in [1.82, 2.24) is 14.9 Å². The molecular weight excluding hydrogens is 310 g/mol. The molecule has 0 aliphatic heterocycles. The fourth-order valence-electron chi connectivity index (χ4n) is 2.64. The van der Waals surface area contributed by atoms with Crippen molar-refractivity contribution in [1.29, 1.82) is 0 Å². The van der Waals surface area contributed by atoms with Gasteiger partial charge in [0.05, 0.1) is 4.92 Å². The number of carbonyl (C=O) groups is 1. The Balaban J connectivity index is 2.01. The summed E-state index contributed by atoms with van der Waals surface area (Å²) in [6.45, 7) is 0. The molecule has 1 heterocycles. The summed E-state index contributed by atoms with van der Waals surface area (Å²) in [6.07, 6.45) is 4.10. The van der Waals surface area contributed by atoms with Crippen LogP contribution in [0.1, 0.15) is 25.7 Å². The normalized spacial score (nSPS) is 21.2. The standard InChI is InChI=1S/C13H18ClN5O3/c1-18(2)12(20)8-3-5-9(6-4-8)16-11-10(19(21)22)7-15-13(14)17-11/h7-9H,3-6H2,1-2H3,(H,15,16,17)/t8-,9-. The summed E-state index contributed by atoms with van der Waals surface area (Å²) in [5.41, 5.74) is -0.198. The van der Waals surface area contributed by atoms with E-state index in [0.29, 0.717) is 0 Å². The number of nitro groups is 1. The average molecular weight is 328 g/mol. The number of hydrogen-bond donors (Lipinski definition) is 1. The van der Waals surface area contributed by atoms with Crippen LogP contribution < -0.4 is 5.32 Å². The van der Waals surface area contributed by atoms with E-state index in [2.05, 4.69) is 15.3 Å². The van der Waals surface area contributed by atoms with Crippen molar-refractivity contribution in [2.24, 2.45) is 5.92 Å². The van der Waals surface area contributed by atoms with Crippen LogP contribution in [0, 0.1) is 16.0 Å². The molecule has 120 valence electrons. The number of halogens is 1. The van der Waals surface area contributed by atoms with Gasteiger partial charge in [-0.1, -0.05) is 0 Å². The van der Waals surface area contributed by atoms with Gasteiger partial charge in [-0.3, -0.25) is 14.9 Å². The summed E-state index contributed by atoms with van der Waals surface area (Å²) in [6, 6.07) is 0.0379. The minimum atomic E-state index is -0.542. The van der Waals surface area contributed by atoms with Crippen molar-refractivity contribution in [3.8, 4) is 0 Å². The topological polar surface area (TPSA) is 101 Å². The molecule has 1 N–H and O–H groups in total. The molecule has 1 aromatic heterocycles. The lowest BCUT2D eigenvalue weighted by Crippen LogP contribution is -2.35. The van der Waals surface area contributed by atoms with Crippen LogP contribution >= 0.6 is 11.6 Å². The van der Waals surface area contributed by atoms with Crippen LogP contribution in [-0.2, 0) is 4.79 Å². The highest BCUT2D eigenvalue weighted by Crippen LogP contribution is 2.30. The van der Waals surface area contributed by atoms with Crippen LogP contribution in [0.2, 0.25) is 5.28 Å². The van der Waals surface area contributed by atoms with Gasteiger partial charge in [-0.05, 0) is 37.3 Å². The maximum absolute atomic E-state index is 11.9. The first kappa shape index (κ1) is 16.4. The van der Waals surface area contributed by atoms with E-state index in [4.69, 9.17) is 11.6 Å². The molecule has 8 nitrogen and oxygen atoms in total. The molecule has 22 heavy (non-hydrogen) atoms. The Hall–Kier alpha value is -1.96. The molecule has 0 unspecified atom stereocenters. The number of carbonyl (C=O) groups excluding carboxylic acids is 1. The Labute approximate surface area is 133 Å². The average Bonchev–Trinajstić information content (AvgIpc) is 2.47. The smallest absolute Gasteiger partial charge is 0.329 e. The molecule has 0 saturated heterocycles. The number of nitrogens with zero attached hydrogens (tertiary/aromatic N) is 4. The molecule has 1 fully saturated rings. The van der Waals surface area contributed by atoms with E-state index in [0.717, 1.165) is 31.9 Å². The maximum Gasteiger partial charge on any atom is 0.329 e. The van der Waals surface area contributed by atoms with E-state index in [-0.39, 0.29) is 34.7 Å². The zero-order chi connectivity index (χ0) is 16.3. The molecule has 0 bridgehead atoms. The summed E-state index contributed by atoms with van der Waals surface area (Å²) in [7, 11) is 3.50. The predicted molar refractivity (Wildman–Crippen MR) is 81.8 cm³/mol. The van der Waals surface area contributed by atoms with Gasteiger partial charge in [0.15, 0.2) is 0 Å². The predicted octanol–water partition coefficient (Wildman–Crippen LogP) is 2.10. The van der Waals surface area contributed by atoms with Crippen molar-refractivity contribution in [3.63, 3.8) is 0 Å². The summed E-state index contributed by atoms with van der Waals surface area (Å²) in [4.78, 5) is 31.5. The first-order valence-electron chi connectivity index (χ1n) is 7.03. The summed E-state index contributed by atoms with van der Waals surface area (Å²) in [5.74, 6) is 0.291. The molecule has 0 radical (unpaired) electrons. The summed E-state index contributed by atoms with van der Waals surface area (Å²) < 4.78 is 0. The van der Waals surface area contributed by atoms with E-state index in [9.17, 15) is 14.9 Å². The van der Waals surface area contributed by atoms with Gasteiger partial charge in [0.1, 0.15) is 6.20 Å². The van der Waals surface area contributed by atoms with Crippen LogP contribution in [0.25, 0.3) is 0 Å². The zero-order valence-corrected chi connectivity index (χ0v) is 13.2. The minimum Gasteiger partial charge on any atom is -0.361 e. The number of anilines is 1. The van der Waals surface area contributed by atoms with E-state index in [1.807, 2.05) is 0 Å². The van der Waals surface area contributed by atoms with Crippen LogP contribution in [-0.4, -0.2) is 45.8 Å². The number of hydrogen-bond acceptors (Lipinski definition) is 6. The van der Waals surface area contributed by atoms with Gasteiger partial charge >= 0.3 is 5.69 Å². The Morgan fingerprint density at radius 3 is 2.59 bits per heavy atom. The first-order valence-corrected chi connectivity index (χ1v) is 7.41. The van der Waals surface area contributed by atoms with Crippen LogP contribution in [0.3, 0.4) is 0 Å². The van der Waals surface area contributed by atoms with E-state index >= 15 is 0 Å². The van der Waals surface area contributed by atoms with Crippen molar-refractivity contribution in [2.45, 2.75) is 31.7 Å². The molecule has 9 heteroatoms. The number of amides is 1. The molecule has 1 aliphatic rings. The molecule has 2 rings (SSSR count). The number of nitrogens with one attached hydrogen (secondary N) is 1. The fraction of sp³-hybridized carbons (Fsp3) is 0.615. The Morgan fingerprint density at radius 2 is 2.05 bits per heavy atom. The number of rotatable bonds is 4. The van der Waals surface area contributed by atoms with Gasteiger partial charge in [-0.25, -0.2) is 4.98 Å². The van der Waals surface area contributed by atoms with Gasteiger partial charge in [0.2, 0.25) is 17.0 Å². The lowest BCUT2D eigenvalue weighted by Gasteiger charge is -2.30. The van der Waals surface area contributed by atoms with Gasteiger partial charge in [-0.15, -0.1) is 0 Å². The van der Waals surface area contributed by atoms with Gasteiger partial charge < -0.3 is 10.2 Å². The third-order valence-electron chi connectivity index (χ3n) is 3.79. The number of aromatic nitrogens is 2. The first-order chi connectivity index (χ1) is 10.4. The lowest BCUT2D eigenvalue weighted by atomic mass is 9.85. The molecule has 0 aromatic carbocycles. The summed E-state index contributed by atoms with van der Waals surface area (Å²) in [5, 5.41) is 14.0. The Morgan fingerprint density at radius 1 is 1.41 bits per heavy atom. The highest BCUT2D eigenvalue weighted by molar-refractivity contribution is 6.28. The summed E-state index contributed by atoms with van der Waals surface area (Å²) >= 11 is 5.70. The van der Waals surface area contributed by atoms with E-state index in [1.165, 1.54) is 0 Å². The zero-order valence-electron chi connectivity index (χ0n) is 12.5. The molecule has 1 saturated carbocycles. The van der Waals surface area contributed by atoms with Crippen LogP contribution in [0.5, 0.6) is 0 Å². The highest BCUT2D eigenvalue weighted by Gasteiger charge is 2.28. The largest absolute Gasteiger partial charge is 0.361 e. The second-order valence-corrected chi connectivity index (χ2v) is 5.89. The van der Waals surface area contributed by atoms with Gasteiger partial charge in [0, 0.05) is 26.1 Å². The maximum atomic E-state index is 11.9. The molecule has 0 spiro atoms. The van der Waals surface area contributed by atoms with Crippen molar-refractivity contribution in [3.05, 3.63) is 21.6 Å². The minimum absolute atomic E-state index is 0.0250. The van der Waals surface area contributed by atoms with E-state index < -0.39 is 4.92 Å². The monoisotopic (exact) mass is 327 g/mol. The Bertz CT molecular complexity index is 573. The molecule has 1 amide bonds. The third-order valence-corrected chi connectivity index (χ3v) is 3.98. The van der Waals surface area contributed by atoms with Crippen molar-refractivity contribution >= 4 is 29.0 Å². The fourth-order valence-corrected chi connectivity index (χ4v) is 2.77. The third kappa shape index (κ3) is 3.82. The van der Waals surface area contributed by atoms with Gasteiger partial charge in [0.25, 0.3) is 0 Å². The van der Waals surface area contributed by atoms with E-state index in [1.54, 1.807) is 19.0 Å². The second kappa shape index (κ2) is 6.87. The quantitative estimate of drug-likeness (QED) is 0.516. The van der Waals surface area contributed by atoms with Crippen molar-refractivity contribution in [2.75, 3.05) is 19.4 Å². The van der Waals surface area contributed by atoms with Crippen LogP contribution in [0.15, 0.2) is 6.20 Å². The SMILES string of the molecule is CN(C)C(=O)[C@H]1CC[C@H](Nc2nc(Cl)ncc2[N+](=O)[O-])CC1. The molecule has 0 atom stereocenters. The highest BCUT2D eigenvalue weighted by atomic mass is 35.5. The van der Waals surface area contributed by atoms with Crippen LogP contribution in [0.4, 0.5) is 11.5 Å². The lowest BCUT2D eigenvalue weighted by molar-refractivity contribution is -0.384. The Kier molecular flexibility index (Phi) is 5.12. The molecule has 1 aliphatic carbocycles. The second-order valence-electron chi connectivity index (χ2n) is 5.56. The van der Waals surface area contributed by atoms with Gasteiger partial charge in [-0.2, -0.15) is 4.98 Å². The molecular formula is C13H18ClN5O3. The van der Waals surface area contributed by atoms with Crippen molar-refractivity contribution < 1.29 is 9.72 Å². The molecule has 1 aromatic rings.